The summed E-state index contributed by atoms with van der Waals surface area (Å²) in [4.78, 5) is 2.18. The van der Waals surface area contributed by atoms with E-state index in [-0.39, 0.29) is 0 Å². The molecular weight excluding hydrogens is 228 g/mol. The van der Waals surface area contributed by atoms with Crippen LogP contribution in [0.15, 0.2) is 0 Å². The van der Waals surface area contributed by atoms with Crippen LogP contribution in [0.3, 0.4) is 0 Å². The molecule has 1 aliphatic carbocycles. The second-order valence-corrected chi connectivity index (χ2v) is 5.80. The first kappa shape index (κ1) is 12.1. The molecule has 1 aromatic rings. The number of aryl methyl sites for hydroxylation is 1. The summed E-state index contributed by atoms with van der Waals surface area (Å²) >= 11 is 0. The summed E-state index contributed by atoms with van der Waals surface area (Å²) in [5.74, 6) is 0. The quantitative estimate of drug-likeness (QED) is 0.707. The van der Waals surface area contributed by atoms with Crippen LogP contribution in [-0.2, 0) is 19.4 Å². The maximum atomic E-state index is 10.4. The highest BCUT2D eigenvalue weighted by Gasteiger charge is 2.32. The van der Waals surface area contributed by atoms with Crippen molar-refractivity contribution in [2.24, 2.45) is 0 Å². The Morgan fingerprint density at radius 1 is 1.44 bits per heavy atom. The fraction of sp³-hybridized carbons (Fsp3) is 0.769. The average molecular weight is 250 g/mol. The molecule has 5 heteroatoms. The Morgan fingerprint density at radius 2 is 2.33 bits per heavy atom. The van der Waals surface area contributed by atoms with Crippen molar-refractivity contribution >= 4 is 0 Å². The summed E-state index contributed by atoms with van der Waals surface area (Å²) in [5, 5.41) is 21.1. The lowest BCUT2D eigenvalue weighted by atomic mass is 10.0. The molecule has 1 atom stereocenters. The van der Waals surface area contributed by atoms with E-state index in [2.05, 4.69) is 27.5 Å². The van der Waals surface area contributed by atoms with Gasteiger partial charge in [-0.15, -0.1) is 0 Å². The number of nitrogens with one attached hydrogen (secondary N) is 2. The number of aliphatic hydroxyl groups is 1. The Labute approximate surface area is 108 Å². The number of H-pyrrole nitrogens is 1. The zero-order chi connectivity index (χ0) is 12.6. The zero-order valence-electron chi connectivity index (χ0n) is 11.0. The monoisotopic (exact) mass is 250 g/mol. The van der Waals surface area contributed by atoms with Gasteiger partial charge in [0, 0.05) is 25.3 Å². The van der Waals surface area contributed by atoms with E-state index in [9.17, 15) is 5.11 Å². The normalized spacial score (nSPS) is 27.1. The van der Waals surface area contributed by atoms with Crippen LogP contribution in [0.5, 0.6) is 0 Å². The molecule has 1 aliphatic heterocycles. The van der Waals surface area contributed by atoms with Crippen molar-refractivity contribution in [1.29, 1.82) is 0 Å². The third-order valence-electron chi connectivity index (χ3n) is 4.10. The minimum atomic E-state index is -0.561. The highest BCUT2D eigenvalue weighted by molar-refractivity contribution is 5.29. The maximum Gasteiger partial charge on any atom is 0.0909 e. The Bertz CT molecular complexity index is 423. The van der Waals surface area contributed by atoms with Crippen LogP contribution in [0.1, 0.15) is 29.8 Å². The van der Waals surface area contributed by atoms with Crippen LogP contribution in [0, 0.1) is 0 Å². The minimum absolute atomic E-state index is 0.561. The summed E-state index contributed by atoms with van der Waals surface area (Å²) < 4.78 is 0. The molecule has 1 aromatic heterocycles. The molecule has 0 amide bonds. The standard InChI is InChI=1S/C13H22N4O/c1-17(9-13(18)5-6-14-8-13)7-12-10-3-2-4-11(10)15-16-12/h14,18H,2-9H2,1H3,(H,15,16)/t13-/m1/s1. The first-order valence-electron chi connectivity index (χ1n) is 6.83. The van der Waals surface area contributed by atoms with Crippen molar-refractivity contribution in [3.8, 4) is 0 Å². The van der Waals surface area contributed by atoms with Gasteiger partial charge in [-0.05, 0) is 44.8 Å². The number of fused-ring (bicyclic) bond motifs is 1. The van der Waals surface area contributed by atoms with Crippen molar-refractivity contribution in [3.63, 3.8) is 0 Å². The lowest BCUT2D eigenvalue weighted by Crippen LogP contribution is -2.43. The molecule has 0 unspecified atom stereocenters. The highest BCUT2D eigenvalue weighted by atomic mass is 16.3. The molecule has 0 bridgehead atoms. The number of rotatable bonds is 4. The molecule has 1 saturated heterocycles. The van der Waals surface area contributed by atoms with Crippen molar-refractivity contribution in [3.05, 3.63) is 17.0 Å². The molecule has 3 rings (SSSR count). The number of nitrogens with zero attached hydrogens (tertiary/aromatic N) is 2. The van der Waals surface area contributed by atoms with Gasteiger partial charge < -0.3 is 10.4 Å². The third-order valence-corrected chi connectivity index (χ3v) is 4.10. The summed E-state index contributed by atoms with van der Waals surface area (Å²) in [5.41, 5.74) is 3.34. The largest absolute Gasteiger partial charge is 0.387 e. The first-order chi connectivity index (χ1) is 8.66. The summed E-state index contributed by atoms with van der Waals surface area (Å²) in [7, 11) is 2.06. The van der Waals surface area contributed by atoms with E-state index in [1.165, 1.54) is 23.4 Å². The number of hydrogen-bond donors (Lipinski definition) is 3. The van der Waals surface area contributed by atoms with Gasteiger partial charge in [0.05, 0.1) is 11.3 Å². The number of aromatic amines is 1. The fourth-order valence-corrected chi connectivity index (χ4v) is 3.20. The SMILES string of the molecule is CN(Cc1n[nH]c2c1CCC2)C[C@@]1(O)CCNC1. The van der Waals surface area contributed by atoms with E-state index >= 15 is 0 Å². The maximum absolute atomic E-state index is 10.4. The molecule has 2 aliphatic rings. The average Bonchev–Trinajstić information content (AvgIpc) is 2.97. The molecule has 0 spiro atoms. The summed E-state index contributed by atoms with van der Waals surface area (Å²) in [6.07, 6.45) is 4.38. The van der Waals surface area contributed by atoms with Crippen molar-refractivity contribution in [2.45, 2.75) is 37.8 Å². The molecule has 3 N–H and O–H groups in total. The van der Waals surface area contributed by atoms with E-state index in [0.717, 1.165) is 32.4 Å². The van der Waals surface area contributed by atoms with Gasteiger partial charge in [0.1, 0.15) is 0 Å². The smallest absolute Gasteiger partial charge is 0.0909 e. The minimum Gasteiger partial charge on any atom is -0.387 e. The Kier molecular flexibility index (Phi) is 3.13. The lowest BCUT2D eigenvalue weighted by Gasteiger charge is -2.27. The molecule has 2 heterocycles. The van der Waals surface area contributed by atoms with Crippen molar-refractivity contribution in [1.82, 2.24) is 20.4 Å². The molecule has 18 heavy (non-hydrogen) atoms. The van der Waals surface area contributed by atoms with E-state index in [0.29, 0.717) is 13.1 Å². The molecule has 1 fully saturated rings. The van der Waals surface area contributed by atoms with E-state index in [1.807, 2.05) is 0 Å². The van der Waals surface area contributed by atoms with Crippen LogP contribution in [0.25, 0.3) is 0 Å². The second kappa shape index (κ2) is 4.64. The van der Waals surface area contributed by atoms with E-state index in [4.69, 9.17) is 0 Å². The lowest BCUT2D eigenvalue weighted by molar-refractivity contribution is 0.0260. The van der Waals surface area contributed by atoms with Crippen LogP contribution in [0.2, 0.25) is 0 Å². The zero-order valence-corrected chi connectivity index (χ0v) is 11.0. The molecule has 100 valence electrons. The van der Waals surface area contributed by atoms with Crippen molar-refractivity contribution in [2.75, 3.05) is 26.7 Å². The highest BCUT2D eigenvalue weighted by Crippen LogP contribution is 2.24. The molecule has 0 aromatic carbocycles. The van der Waals surface area contributed by atoms with Gasteiger partial charge in [-0.3, -0.25) is 10.00 Å². The van der Waals surface area contributed by atoms with Crippen molar-refractivity contribution < 1.29 is 5.11 Å². The molecular formula is C13H22N4O. The van der Waals surface area contributed by atoms with Crippen LogP contribution in [0.4, 0.5) is 0 Å². The summed E-state index contributed by atoms with van der Waals surface area (Å²) in [6.45, 7) is 3.16. The Balaban J connectivity index is 1.62. The fourth-order valence-electron chi connectivity index (χ4n) is 3.20. The van der Waals surface area contributed by atoms with Crippen LogP contribution >= 0.6 is 0 Å². The summed E-state index contributed by atoms with van der Waals surface area (Å²) in [6, 6.07) is 0. The first-order valence-corrected chi connectivity index (χ1v) is 6.83. The molecule has 5 nitrogen and oxygen atoms in total. The number of β-amino-alcohol motifs (C(OH)–C–C–N with tert-alkyl or cyclic N) is 1. The van der Waals surface area contributed by atoms with E-state index < -0.39 is 5.60 Å². The van der Waals surface area contributed by atoms with Crippen LogP contribution < -0.4 is 5.32 Å². The molecule has 0 radical (unpaired) electrons. The van der Waals surface area contributed by atoms with Gasteiger partial charge in [-0.25, -0.2) is 0 Å². The van der Waals surface area contributed by atoms with Gasteiger partial charge in [0.2, 0.25) is 0 Å². The van der Waals surface area contributed by atoms with Crippen LogP contribution in [-0.4, -0.2) is 52.5 Å². The number of aromatic nitrogens is 2. The van der Waals surface area contributed by atoms with Gasteiger partial charge >= 0.3 is 0 Å². The predicted octanol–water partition coefficient (Wildman–Crippen LogP) is 0.0546. The Hall–Kier alpha value is -0.910. The van der Waals surface area contributed by atoms with Gasteiger partial charge in [0.15, 0.2) is 0 Å². The number of hydrogen-bond acceptors (Lipinski definition) is 4. The number of likely N-dealkylation sites (N-methyl/N-ethyl adjacent to an activating group) is 1. The van der Waals surface area contributed by atoms with Gasteiger partial charge in [-0.2, -0.15) is 5.10 Å². The predicted molar refractivity (Wildman–Crippen MR) is 69.4 cm³/mol. The second-order valence-electron chi connectivity index (χ2n) is 5.80. The third kappa shape index (κ3) is 2.30. The topological polar surface area (TPSA) is 64.2 Å². The van der Waals surface area contributed by atoms with Gasteiger partial charge in [0.25, 0.3) is 0 Å². The Morgan fingerprint density at radius 3 is 3.11 bits per heavy atom. The van der Waals surface area contributed by atoms with E-state index in [1.54, 1.807) is 0 Å². The van der Waals surface area contributed by atoms with Gasteiger partial charge in [-0.1, -0.05) is 0 Å². The molecule has 0 saturated carbocycles.